The van der Waals surface area contributed by atoms with Crippen molar-refractivity contribution in [1.82, 2.24) is 10.2 Å². The van der Waals surface area contributed by atoms with E-state index in [4.69, 9.17) is 9.84 Å². The van der Waals surface area contributed by atoms with Gasteiger partial charge in [0.25, 0.3) is 5.91 Å². The molecule has 2 aromatic carbocycles. The number of carbonyl (C=O) groups is 3. The fourth-order valence-electron chi connectivity index (χ4n) is 4.29. The van der Waals surface area contributed by atoms with E-state index < -0.39 is 18.0 Å². The minimum atomic E-state index is -0.824. The lowest BCUT2D eigenvalue weighted by atomic mass is 9.97. The molecule has 0 radical (unpaired) electrons. The van der Waals surface area contributed by atoms with Crippen molar-refractivity contribution >= 4 is 18.0 Å². The molecule has 1 heterocycles. The van der Waals surface area contributed by atoms with Crippen LogP contribution in [0.2, 0.25) is 0 Å². The Morgan fingerprint density at radius 3 is 2.19 bits per heavy atom. The number of carboxylic acids is 1. The van der Waals surface area contributed by atoms with Gasteiger partial charge >= 0.3 is 12.1 Å². The van der Waals surface area contributed by atoms with E-state index >= 15 is 0 Å². The topological polar surface area (TPSA) is 95.9 Å². The molecule has 1 fully saturated rings. The third kappa shape index (κ3) is 4.59. The van der Waals surface area contributed by atoms with Gasteiger partial charge in [-0.25, -0.2) is 4.79 Å². The molecule has 0 aromatic heterocycles. The first-order chi connectivity index (χ1) is 15.5. The summed E-state index contributed by atoms with van der Waals surface area (Å²) in [5.41, 5.74) is 4.60. The molecule has 0 bridgehead atoms. The fraction of sp³-hybridized carbons (Fsp3) is 0.320. The van der Waals surface area contributed by atoms with Crippen LogP contribution in [0.1, 0.15) is 29.9 Å². The number of piperidine rings is 1. The number of fused-ring (bicyclic) bond motifs is 3. The second kappa shape index (κ2) is 9.56. The first kappa shape index (κ1) is 21.4. The molecular weight excluding hydrogens is 408 g/mol. The number of carbonyl (C=O) groups excluding carboxylic acids is 2. The van der Waals surface area contributed by atoms with Crippen LogP contribution in [-0.4, -0.2) is 54.2 Å². The van der Waals surface area contributed by atoms with Gasteiger partial charge in [0.05, 0.1) is 12.5 Å². The molecule has 0 saturated carbocycles. The van der Waals surface area contributed by atoms with E-state index in [-0.39, 0.29) is 25.0 Å². The minimum absolute atomic E-state index is 0.00595. The molecule has 1 aliphatic carbocycles. The van der Waals surface area contributed by atoms with E-state index in [9.17, 15) is 14.4 Å². The van der Waals surface area contributed by atoms with E-state index in [0.29, 0.717) is 25.9 Å². The number of hydrogen-bond acceptors (Lipinski definition) is 4. The number of nitrogens with zero attached hydrogens (tertiary/aromatic N) is 1. The average molecular weight is 432 g/mol. The average Bonchev–Trinajstić information content (AvgIpc) is 3.14. The molecule has 2 aromatic rings. The van der Waals surface area contributed by atoms with E-state index in [1.165, 1.54) is 0 Å². The highest BCUT2D eigenvalue weighted by atomic mass is 16.5. The second-order valence-electron chi connectivity index (χ2n) is 7.89. The van der Waals surface area contributed by atoms with Crippen molar-refractivity contribution in [3.63, 3.8) is 0 Å². The number of rotatable bonds is 4. The summed E-state index contributed by atoms with van der Waals surface area (Å²) in [6.45, 7) is 0.966. The van der Waals surface area contributed by atoms with Crippen LogP contribution in [0.5, 0.6) is 0 Å². The molecular formula is C25H24N2O5. The molecule has 0 spiro atoms. The SMILES string of the molecule is O=C(NCC#CC(=O)N1CCC(C(=O)O)CC1)OCC1c2ccccc2-c2ccccc21. The number of benzene rings is 2. The Balaban J connectivity index is 1.25. The van der Waals surface area contributed by atoms with Crippen LogP contribution in [-0.2, 0) is 14.3 Å². The van der Waals surface area contributed by atoms with Crippen molar-refractivity contribution in [2.75, 3.05) is 26.2 Å². The number of aliphatic carboxylic acids is 1. The van der Waals surface area contributed by atoms with Gasteiger partial charge in [0, 0.05) is 19.0 Å². The molecule has 7 nitrogen and oxygen atoms in total. The second-order valence-corrected chi connectivity index (χ2v) is 7.89. The zero-order valence-corrected chi connectivity index (χ0v) is 17.5. The highest BCUT2D eigenvalue weighted by molar-refractivity contribution is 5.93. The highest BCUT2D eigenvalue weighted by Crippen LogP contribution is 2.44. The first-order valence-electron chi connectivity index (χ1n) is 10.6. The Labute approximate surface area is 186 Å². The summed E-state index contributed by atoms with van der Waals surface area (Å²) >= 11 is 0. The summed E-state index contributed by atoms with van der Waals surface area (Å²) in [5.74, 6) is 3.53. The van der Waals surface area contributed by atoms with Crippen LogP contribution in [0.3, 0.4) is 0 Å². The van der Waals surface area contributed by atoms with Crippen LogP contribution in [0.15, 0.2) is 48.5 Å². The molecule has 1 aliphatic heterocycles. The van der Waals surface area contributed by atoms with Gasteiger partial charge in [-0.15, -0.1) is 0 Å². The van der Waals surface area contributed by atoms with Gasteiger partial charge in [0.1, 0.15) is 6.61 Å². The maximum atomic E-state index is 12.1. The summed E-state index contributed by atoms with van der Waals surface area (Å²) in [4.78, 5) is 36.8. The molecule has 4 rings (SSSR count). The van der Waals surface area contributed by atoms with Gasteiger partial charge in [0.2, 0.25) is 0 Å². The predicted molar refractivity (Wildman–Crippen MR) is 118 cm³/mol. The maximum Gasteiger partial charge on any atom is 0.407 e. The van der Waals surface area contributed by atoms with Crippen LogP contribution in [0.25, 0.3) is 11.1 Å². The molecule has 2 N–H and O–H groups in total. The third-order valence-electron chi connectivity index (χ3n) is 5.99. The Hall–Kier alpha value is -3.79. The first-order valence-corrected chi connectivity index (χ1v) is 10.6. The van der Waals surface area contributed by atoms with Crippen molar-refractivity contribution in [3.8, 4) is 23.0 Å². The standard InChI is InChI=1S/C25H24N2O5/c28-23(27-14-11-17(12-15-27)24(29)30)10-5-13-26-25(31)32-16-22-20-8-3-1-6-18(20)19-7-2-4-9-21(19)22/h1-4,6-9,17,22H,11-16H2,(H,26,31)(H,29,30). The van der Waals surface area contributed by atoms with Crippen molar-refractivity contribution in [2.24, 2.45) is 5.92 Å². The van der Waals surface area contributed by atoms with Crippen molar-refractivity contribution in [3.05, 3.63) is 59.7 Å². The Morgan fingerprint density at radius 1 is 1.00 bits per heavy atom. The smallest absolute Gasteiger partial charge is 0.407 e. The fourth-order valence-corrected chi connectivity index (χ4v) is 4.29. The molecule has 32 heavy (non-hydrogen) atoms. The number of amides is 2. The Morgan fingerprint density at radius 2 is 1.59 bits per heavy atom. The van der Waals surface area contributed by atoms with E-state index in [2.05, 4.69) is 41.4 Å². The van der Waals surface area contributed by atoms with Gasteiger partial charge in [-0.3, -0.25) is 9.59 Å². The molecule has 0 atom stereocenters. The molecule has 2 amide bonds. The lowest BCUT2D eigenvalue weighted by molar-refractivity contribution is -0.144. The normalized spacial score (nSPS) is 15.2. The maximum absolute atomic E-state index is 12.1. The number of likely N-dealkylation sites (tertiary alicyclic amines) is 1. The van der Waals surface area contributed by atoms with Gasteiger partial charge in [-0.2, -0.15) is 0 Å². The predicted octanol–water partition coefficient (Wildman–Crippen LogP) is 2.85. The van der Waals surface area contributed by atoms with E-state index in [1.54, 1.807) is 4.90 Å². The van der Waals surface area contributed by atoms with Gasteiger partial charge < -0.3 is 20.1 Å². The van der Waals surface area contributed by atoms with Crippen molar-refractivity contribution in [1.29, 1.82) is 0 Å². The number of ether oxygens (including phenoxy) is 1. The summed E-state index contributed by atoms with van der Waals surface area (Å²) in [5, 5.41) is 11.6. The number of nitrogens with one attached hydrogen (secondary N) is 1. The van der Waals surface area contributed by atoms with Crippen molar-refractivity contribution < 1.29 is 24.2 Å². The summed E-state index contributed by atoms with van der Waals surface area (Å²) < 4.78 is 5.43. The van der Waals surface area contributed by atoms with Crippen LogP contribution < -0.4 is 5.32 Å². The summed E-state index contributed by atoms with van der Waals surface area (Å²) in [6, 6.07) is 16.2. The van der Waals surface area contributed by atoms with E-state index in [1.807, 2.05) is 24.3 Å². The number of carboxylic acid groups (broad SMARTS) is 1. The van der Waals surface area contributed by atoms with Crippen LogP contribution in [0, 0.1) is 17.8 Å². The quantitative estimate of drug-likeness (QED) is 0.725. The van der Waals surface area contributed by atoms with Crippen LogP contribution in [0.4, 0.5) is 4.79 Å². The third-order valence-corrected chi connectivity index (χ3v) is 5.99. The van der Waals surface area contributed by atoms with Gasteiger partial charge in [-0.05, 0) is 41.0 Å². The van der Waals surface area contributed by atoms with Gasteiger partial charge in [-0.1, -0.05) is 54.5 Å². The molecule has 164 valence electrons. The van der Waals surface area contributed by atoms with Gasteiger partial charge in [0.15, 0.2) is 0 Å². The zero-order chi connectivity index (χ0) is 22.5. The highest BCUT2D eigenvalue weighted by Gasteiger charge is 2.29. The van der Waals surface area contributed by atoms with Crippen molar-refractivity contribution in [2.45, 2.75) is 18.8 Å². The molecule has 2 aliphatic rings. The zero-order valence-electron chi connectivity index (χ0n) is 17.5. The number of alkyl carbamates (subject to hydrolysis) is 1. The summed E-state index contributed by atoms with van der Waals surface area (Å²) in [7, 11) is 0. The lowest BCUT2D eigenvalue weighted by Crippen LogP contribution is -2.39. The largest absolute Gasteiger partial charge is 0.481 e. The van der Waals surface area contributed by atoms with Crippen LogP contribution >= 0.6 is 0 Å². The Kier molecular flexibility index (Phi) is 6.41. The lowest BCUT2D eigenvalue weighted by Gasteiger charge is -2.28. The monoisotopic (exact) mass is 432 g/mol. The number of hydrogen-bond donors (Lipinski definition) is 2. The molecule has 0 unspecified atom stereocenters. The molecule has 7 heteroatoms. The minimum Gasteiger partial charge on any atom is -0.481 e. The van der Waals surface area contributed by atoms with E-state index in [0.717, 1.165) is 22.3 Å². The Bertz CT molecular complexity index is 1050. The summed E-state index contributed by atoms with van der Waals surface area (Å²) in [6.07, 6.45) is 0.275. The molecule has 1 saturated heterocycles.